The normalized spacial score (nSPS) is 11.0. The minimum atomic E-state index is -0.606. The molecule has 2 heterocycles. The maximum atomic E-state index is 13.3. The molecule has 0 aliphatic carbocycles. The fourth-order valence-electron chi connectivity index (χ4n) is 3.58. The van der Waals surface area contributed by atoms with Crippen LogP contribution in [0.1, 0.15) is 15.4 Å². The van der Waals surface area contributed by atoms with Crippen molar-refractivity contribution in [1.29, 1.82) is 0 Å². The minimum Gasteiger partial charge on any atom is -0.451 e. The van der Waals surface area contributed by atoms with Crippen LogP contribution in [0.5, 0.6) is 0 Å². The molecule has 10 heteroatoms. The third kappa shape index (κ3) is 5.69. The summed E-state index contributed by atoms with van der Waals surface area (Å²) >= 11 is 8.64. The lowest BCUT2D eigenvalue weighted by Crippen LogP contribution is -2.20. The Labute approximate surface area is 225 Å². The lowest BCUT2D eigenvalue weighted by Gasteiger charge is -2.11. The number of carbonyl (C=O) groups excluding carboxylic acids is 2. The van der Waals surface area contributed by atoms with Crippen molar-refractivity contribution in [3.05, 3.63) is 100 Å². The highest BCUT2D eigenvalue weighted by atomic mass is 35.5. The topological polar surface area (TPSA) is 73.2 Å². The molecule has 186 valence electrons. The molecule has 0 fully saturated rings. The maximum absolute atomic E-state index is 13.3. The van der Waals surface area contributed by atoms with E-state index in [9.17, 15) is 14.0 Å². The molecule has 2 aromatic heterocycles. The number of anilines is 1. The van der Waals surface area contributed by atoms with Gasteiger partial charge in [-0.15, -0.1) is 11.3 Å². The van der Waals surface area contributed by atoms with Crippen molar-refractivity contribution in [2.24, 2.45) is 0 Å². The molecule has 0 saturated carbocycles. The number of ether oxygens (including phenoxy) is 1. The van der Waals surface area contributed by atoms with E-state index in [0.29, 0.717) is 21.3 Å². The smallest absolute Gasteiger partial charge is 0.348 e. The van der Waals surface area contributed by atoms with Crippen LogP contribution >= 0.6 is 34.7 Å². The standard InChI is InChI=1S/C27H19ClFN3O3S2/c1-16-21-14-24(37-26(21)32(31-16)19-10-8-18(29)9-11-19)27(34)35-15-25(33)30-22-4-2-3-5-23(22)36-20-12-6-17(28)7-13-20/h2-14H,15H2,1H3,(H,30,33). The molecule has 37 heavy (non-hydrogen) atoms. The van der Waals surface area contributed by atoms with Crippen LogP contribution in [0.4, 0.5) is 10.1 Å². The number of aryl methyl sites for hydroxylation is 1. The Morgan fingerprint density at radius 3 is 2.57 bits per heavy atom. The van der Waals surface area contributed by atoms with Gasteiger partial charge in [-0.2, -0.15) is 5.10 Å². The molecule has 5 aromatic rings. The second-order valence-electron chi connectivity index (χ2n) is 7.98. The summed E-state index contributed by atoms with van der Waals surface area (Å²) in [7, 11) is 0. The second kappa shape index (κ2) is 10.8. The molecule has 3 aromatic carbocycles. The zero-order valence-corrected chi connectivity index (χ0v) is 21.8. The molecule has 5 rings (SSSR count). The predicted molar refractivity (Wildman–Crippen MR) is 145 cm³/mol. The van der Waals surface area contributed by atoms with Gasteiger partial charge in [0.05, 0.1) is 17.1 Å². The van der Waals surface area contributed by atoms with Crippen molar-refractivity contribution < 1.29 is 18.7 Å². The lowest BCUT2D eigenvalue weighted by atomic mass is 10.3. The Hall–Kier alpha value is -3.66. The van der Waals surface area contributed by atoms with Crippen molar-refractivity contribution in [3.63, 3.8) is 0 Å². The number of carbonyl (C=O) groups is 2. The van der Waals surface area contributed by atoms with Crippen LogP contribution in [0.2, 0.25) is 5.02 Å². The Balaban J connectivity index is 1.25. The first kappa shape index (κ1) is 25.0. The number of nitrogens with one attached hydrogen (secondary N) is 1. The summed E-state index contributed by atoms with van der Waals surface area (Å²) in [5.41, 5.74) is 2.01. The van der Waals surface area contributed by atoms with Crippen LogP contribution in [0.3, 0.4) is 0 Å². The summed E-state index contributed by atoms with van der Waals surface area (Å²) in [4.78, 5) is 28.2. The maximum Gasteiger partial charge on any atom is 0.348 e. The Bertz CT molecular complexity index is 1600. The fourth-order valence-corrected chi connectivity index (χ4v) is 5.69. The molecular formula is C27H19ClFN3O3S2. The number of para-hydroxylation sites is 1. The predicted octanol–water partition coefficient (Wildman–Crippen LogP) is 7.13. The number of aromatic nitrogens is 2. The quantitative estimate of drug-likeness (QED) is 0.218. The summed E-state index contributed by atoms with van der Waals surface area (Å²) in [6.45, 7) is 1.40. The Morgan fingerprint density at radius 2 is 1.81 bits per heavy atom. The van der Waals surface area contributed by atoms with E-state index in [1.165, 1.54) is 35.2 Å². The van der Waals surface area contributed by atoms with Gasteiger partial charge in [0.1, 0.15) is 15.5 Å². The molecule has 0 saturated heterocycles. The summed E-state index contributed by atoms with van der Waals surface area (Å²) in [5, 5.41) is 8.74. The first-order valence-electron chi connectivity index (χ1n) is 11.1. The molecule has 0 radical (unpaired) electrons. The van der Waals surface area contributed by atoms with E-state index in [0.717, 1.165) is 25.7 Å². The number of fused-ring (bicyclic) bond motifs is 1. The van der Waals surface area contributed by atoms with Crippen molar-refractivity contribution in [3.8, 4) is 5.69 Å². The van der Waals surface area contributed by atoms with Crippen molar-refractivity contribution in [1.82, 2.24) is 9.78 Å². The van der Waals surface area contributed by atoms with E-state index in [1.807, 2.05) is 37.3 Å². The van der Waals surface area contributed by atoms with Crippen LogP contribution in [-0.2, 0) is 9.53 Å². The van der Waals surface area contributed by atoms with Crippen molar-refractivity contribution in [2.45, 2.75) is 16.7 Å². The number of rotatable bonds is 7. The van der Waals surface area contributed by atoms with Crippen LogP contribution in [0.25, 0.3) is 15.9 Å². The van der Waals surface area contributed by atoms with Crippen LogP contribution in [0, 0.1) is 12.7 Å². The fraction of sp³-hybridized carbons (Fsp3) is 0.0741. The third-order valence-electron chi connectivity index (χ3n) is 5.35. The molecule has 0 spiro atoms. The number of halogens is 2. The average molecular weight is 552 g/mol. The van der Waals surface area contributed by atoms with E-state index < -0.39 is 18.5 Å². The zero-order valence-electron chi connectivity index (χ0n) is 19.4. The van der Waals surface area contributed by atoms with Crippen LogP contribution in [0.15, 0.2) is 88.7 Å². The van der Waals surface area contributed by atoms with E-state index >= 15 is 0 Å². The van der Waals surface area contributed by atoms with Gasteiger partial charge < -0.3 is 10.1 Å². The average Bonchev–Trinajstić information content (AvgIpc) is 3.46. The number of hydrogen-bond acceptors (Lipinski definition) is 6. The molecule has 0 bridgehead atoms. The summed E-state index contributed by atoms with van der Waals surface area (Å²) < 4.78 is 20.3. The molecule has 6 nitrogen and oxygen atoms in total. The van der Waals surface area contributed by atoms with Crippen molar-refractivity contribution in [2.75, 3.05) is 11.9 Å². The van der Waals surface area contributed by atoms with E-state index in [2.05, 4.69) is 10.4 Å². The van der Waals surface area contributed by atoms with E-state index in [-0.39, 0.29) is 5.82 Å². The van der Waals surface area contributed by atoms with Crippen molar-refractivity contribution >= 4 is 62.5 Å². The molecule has 1 N–H and O–H groups in total. The highest BCUT2D eigenvalue weighted by Gasteiger charge is 2.19. The van der Waals surface area contributed by atoms with Gasteiger partial charge >= 0.3 is 5.97 Å². The largest absolute Gasteiger partial charge is 0.451 e. The van der Waals surface area contributed by atoms with Crippen LogP contribution in [-0.4, -0.2) is 28.3 Å². The highest BCUT2D eigenvalue weighted by Crippen LogP contribution is 2.34. The number of nitrogens with zero attached hydrogens (tertiary/aromatic N) is 2. The molecule has 1 amide bonds. The first-order valence-corrected chi connectivity index (χ1v) is 13.1. The molecule has 0 unspecified atom stereocenters. The Kier molecular flexibility index (Phi) is 7.27. The van der Waals surface area contributed by atoms with E-state index in [1.54, 1.807) is 41.1 Å². The summed E-state index contributed by atoms with van der Waals surface area (Å²) in [6, 6.07) is 22.4. The first-order chi connectivity index (χ1) is 17.9. The Morgan fingerprint density at radius 1 is 1.08 bits per heavy atom. The number of esters is 1. The van der Waals surface area contributed by atoms with Gasteiger partial charge in [0.15, 0.2) is 6.61 Å². The molecule has 0 atom stereocenters. The molecule has 0 aliphatic rings. The van der Waals surface area contributed by atoms with Gasteiger partial charge in [0, 0.05) is 20.2 Å². The number of benzene rings is 3. The third-order valence-corrected chi connectivity index (χ3v) is 7.78. The summed E-state index contributed by atoms with van der Waals surface area (Å²) in [5.74, 6) is -1.40. The number of hydrogen-bond donors (Lipinski definition) is 1. The molecule has 0 aliphatic heterocycles. The van der Waals surface area contributed by atoms with Gasteiger partial charge in [-0.25, -0.2) is 13.9 Å². The zero-order chi connectivity index (χ0) is 25.9. The monoisotopic (exact) mass is 551 g/mol. The minimum absolute atomic E-state index is 0.344. The lowest BCUT2D eigenvalue weighted by molar-refractivity contribution is -0.119. The van der Waals surface area contributed by atoms with Gasteiger partial charge in [-0.05, 0) is 73.7 Å². The van der Waals surface area contributed by atoms with E-state index in [4.69, 9.17) is 16.3 Å². The van der Waals surface area contributed by atoms with Gasteiger partial charge in [-0.3, -0.25) is 4.79 Å². The molecular weight excluding hydrogens is 533 g/mol. The number of thiophene rings is 1. The summed E-state index contributed by atoms with van der Waals surface area (Å²) in [6.07, 6.45) is 0. The van der Waals surface area contributed by atoms with Gasteiger partial charge in [-0.1, -0.05) is 35.5 Å². The number of amides is 1. The van der Waals surface area contributed by atoms with Gasteiger partial charge in [0.2, 0.25) is 0 Å². The highest BCUT2D eigenvalue weighted by molar-refractivity contribution is 7.99. The van der Waals surface area contributed by atoms with Gasteiger partial charge in [0.25, 0.3) is 5.91 Å². The van der Waals surface area contributed by atoms with Crippen LogP contribution < -0.4 is 5.32 Å². The SMILES string of the molecule is Cc1nn(-c2ccc(F)cc2)c2sc(C(=O)OCC(=O)Nc3ccccc3Sc3ccc(Cl)cc3)cc12. The second-order valence-corrected chi connectivity index (χ2v) is 10.6.